The molecule has 0 N–H and O–H groups in total. The monoisotopic (exact) mass is 445 g/mol. The SMILES string of the molecule is CCOC(=O)CN(CCOC)CC(=O)N1CCN(S(=O)(=O)c2ccccc2F)CC1. The summed E-state index contributed by atoms with van der Waals surface area (Å²) >= 11 is 0. The lowest BCUT2D eigenvalue weighted by molar-refractivity contribution is -0.145. The first-order valence-electron chi connectivity index (χ1n) is 9.69. The number of hydrogen-bond acceptors (Lipinski definition) is 7. The van der Waals surface area contributed by atoms with Gasteiger partial charge >= 0.3 is 5.97 Å². The number of nitrogens with zero attached hydrogens (tertiary/aromatic N) is 3. The number of benzene rings is 1. The van der Waals surface area contributed by atoms with Crippen molar-refractivity contribution in [1.29, 1.82) is 0 Å². The standard InChI is InChI=1S/C19H28FN3O6S/c1-3-29-19(25)15-21(12-13-28-2)14-18(24)22-8-10-23(11-9-22)30(26,27)17-7-5-4-6-16(17)20/h4-7H,3,8-15H2,1-2H3. The molecule has 2 rings (SSSR count). The number of sulfonamides is 1. The molecule has 11 heteroatoms. The molecule has 0 aromatic heterocycles. The molecular formula is C19H28FN3O6S. The lowest BCUT2D eigenvalue weighted by atomic mass is 10.3. The van der Waals surface area contributed by atoms with Gasteiger partial charge in [0.1, 0.15) is 10.7 Å². The molecule has 168 valence electrons. The third-order valence-corrected chi connectivity index (χ3v) is 6.61. The third-order valence-electron chi connectivity index (χ3n) is 4.67. The number of ether oxygens (including phenoxy) is 2. The number of piperazine rings is 1. The van der Waals surface area contributed by atoms with Gasteiger partial charge in [0.05, 0.1) is 26.3 Å². The fourth-order valence-electron chi connectivity index (χ4n) is 3.09. The first-order chi connectivity index (χ1) is 14.3. The Bertz CT molecular complexity index is 827. The summed E-state index contributed by atoms with van der Waals surface area (Å²) in [4.78, 5) is 27.2. The number of carbonyl (C=O) groups is 2. The summed E-state index contributed by atoms with van der Waals surface area (Å²) in [5.41, 5.74) is 0. The molecule has 0 radical (unpaired) electrons. The molecule has 1 saturated heterocycles. The van der Waals surface area contributed by atoms with Gasteiger partial charge in [-0.15, -0.1) is 0 Å². The second-order valence-corrected chi connectivity index (χ2v) is 8.63. The Morgan fingerprint density at radius 2 is 1.80 bits per heavy atom. The fraction of sp³-hybridized carbons (Fsp3) is 0.579. The van der Waals surface area contributed by atoms with Crippen molar-refractivity contribution < 1.29 is 31.9 Å². The predicted molar refractivity (Wildman–Crippen MR) is 107 cm³/mol. The second kappa shape index (κ2) is 11.3. The quantitative estimate of drug-likeness (QED) is 0.474. The number of halogens is 1. The fourth-order valence-corrected chi connectivity index (χ4v) is 4.57. The topological polar surface area (TPSA) is 96.5 Å². The molecule has 0 spiro atoms. The van der Waals surface area contributed by atoms with E-state index in [-0.39, 0.29) is 56.7 Å². The minimum absolute atomic E-state index is 0.0117. The zero-order valence-corrected chi connectivity index (χ0v) is 18.1. The number of esters is 1. The molecule has 1 fully saturated rings. The molecule has 1 heterocycles. The van der Waals surface area contributed by atoms with Crippen molar-refractivity contribution in [2.24, 2.45) is 0 Å². The van der Waals surface area contributed by atoms with Crippen LogP contribution in [0.5, 0.6) is 0 Å². The van der Waals surface area contributed by atoms with E-state index in [4.69, 9.17) is 9.47 Å². The van der Waals surface area contributed by atoms with E-state index >= 15 is 0 Å². The average molecular weight is 446 g/mol. The largest absolute Gasteiger partial charge is 0.465 e. The van der Waals surface area contributed by atoms with Gasteiger partial charge in [-0.2, -0.15) is 4.31 Å². The first kappa shape index (κ1) is 24.2. The molecule has 0 atom stereocenters. The summed E-state index contributed by atoms with van der Waals surface area (Å²) in [6.45, 7) is 3.14. The molecule has 0 bridgehead atoms. The van der Waals surface area contributed by atoms with Crippen molar-refractivity contribution in [2.75, 3.05) is 66.1 Å². The van der Waals surface area contributed by atoms with E-state index in [1.165, 1.54) is 29.6 Å². The van der Waals surface area contributed by atoms with Crippen molar-refractivity contribution in [3.05, 3.63) is 30.1 Å². The van der Waals surface area contributed by atoms with Gasteiger partial charge in [-0.05, 0) is 19.1 Å². The molecule has 0 saturated carbocycles. The lowest BCUT2D eigenvalue weighted by Gasteiger charge is -2.35. The van der Waals surface area contributed by atoms with Gasteiger partial charge in [0.25, 0.3) is 0 Å². The summed E-state index contributed by atoms with van der Waals surface area (Å²) < 4.78 is 50.4. The van der Waals surface area contributed by atoms with E-state index in [1.807, 2.05) is 0 Å². The molecule has 0 unspecified atom stereocenters. The molecule has 0 aliphatic carbocycles. The van der Waals surface area contributed by atoms with Crippen molar-refractivity contribution in [3.63, 3.8) is 0 Å². The van der Waals surface area contributed by atoms with Crippen molar-refractivity contribution in [1.82, 2.24) is 14.1 Å². The van der Waals surface area contributed by atoms with Crippen LogP contribution in [0.1, 0.15) is 6.92 Å². The van der Waals surface area contributed by atoms with Crippen LogP contribution in [0.2, 0.25) is 0 Å². The maximum absolute atomic E-state index is 13.9. The van der Waals surface area contributed by atoms with Crippen LogP contribution in [0, 0.1) is 5.82 Å². The zero-order chi connectivity index (χ0) is 22.1. The molecular weight excluding hydrogens is 417 g/mol. The van der Waals surface area contributed by atoms with E-state index in [0.29, 0.717) is 13.2 Å². The van der Waals surface area contributed by atoms with Crippen LogP contribution in [0.4, 0.5) is 4.39 Å². The lowest BCUT2D eigenvalue weighted by Crippen LogP contribution is -2.53. The molecule has 9 nitrogen and oxygen atoms in total. The number of carbonyl (C=O) groups excluding carboxylic acids is 2. The van der Waals surface area contributed by atoms with Crippen LogP contribution >= 0.6 is 0 Å². The Balaban J connectivity index is 1.95. The van der Waals surface area contributed by atoms with Crippen LogP contribution in [-0.2, 0) is 29.1 Å². The summed E-state index contributed by atoms with van der Waals surface area (Å²) in [6.07, 6.45) is 0. The maximum Gasteiger partial charge on any atom is 0.320 e. The summed E-state index contributed by atoms with van der Waals surface area (Å²) in [5.74, 6) is -1.45. The Hall–Kier alpha value is -2.08. The highest BCUT2D eigenvalue weighted by molar-refractivity contribution is 7.89. The van der Waals surface area contributed by atoms with Gasteiger partial charge in [-0.1, -0.05) is 12.1 Å². The smallest absolute Gasteiger partial charge is 0.320 e. The maximum atomic E-state index is 13.9. The van der Waals surface area contributed by atoms with E-state index in [1.54, 1.807) is 16.7 Å². The van der Waals surface area contributed by atoms with E-state index < -0.39 is 21.8 Å². The van der Waals surface area contributed by atoms with Gasteiger partial charge in [0.15, 0.2) is 0 Å². The number of amides is 1. The second-order valence-electron chi connectivity index (χ2n) is 6.72. The average Bonchev–Trinajstić information content (AvgIpc) is 2.72. The molecule has 1 aliphatic heterocycles. The van der Waals surface area contributed by atoms with Crippen LogP contribution in [0.15, 0.2) is 29.2 Å². The zero-order valence-electron chi connectivity index (χ0n) is 17.3. The van der Waals surface area contributed by atoms with E-state index in [0.717, 1.165) is 6.07 Å². The Morgan fingerprint density at radius 3 is 2.40 bits per heavy atom. The summed E-state index contributed by atoms with van der Waals surface area (Å²) in [5, 5.41) is 0. The highest BCUT2D eigenvalue weighted by Gasteiger charge is 2.32. The normalized spacial score (nSPS) is 15.4. The van der Waals surface area contributed by atoms with Crippen LogP contribution in [-0.4, -0.2) is 101 Å². The summed E-state index contributed by atoms with van der Waals surface area (Å²) in [7, 11) is -2.44. The molecule has 1 aromatic carbocycles. The van der Waals surface area contributed by atoms with E-state index in [9.17, 15) is 22.4 Å². The molecule has 1 aromatic rings. The van der Waals surface area contributed by atoms with Crippen LogP contribution in [0.3, 0.4) is 0 Å². The van der Waals surface area contributed by atoms with Gasteiger partial charge < -0.3 is 14.4 Å². The van der Waals surface area contributed by atoms with Crippen LogP contribution < -0.4 is 0 Å². The molecule has 1 amide bonds. The van der Waals surface area contributed by atoms with E-state index in [2.05, 4.69) is 0 Å². The minimum Gasteiger partial charge on any atom is -0.465 e. The van der Waals surface area contributed by atoms with Gasteiger partial charge in [-0.25, -0.2) is 12.8 Å². The highest BCUT2D eigenvalue weighted by Crippen LogP contribution is 2.20. The number of methoxy groups -OCH3 is 1. The van der Waals surface area contributed by atoms with Gasteiger partial charge in [-0.3, -0.25) is 14.5 Å². The third kappa shape index (κ3) is 6.46. The number of hydrogen-bond donors (Lipinski definition) is 0. The van der Waals surface area contributed by atoms with Gasteiger partial charge in [0.2, 0.25) is 15.9 Å². The van der Waals surface area contributed by atoms with Gasteiger partial charge in [0, 0.05) is 39.8 Å². The van der Waals surface area contributed by atoms with Crippen molar-refractivity contribution in [3.8, 4) is 0 Å². The highest BCUT2D eigenvalue weighted by atomic mass is 32.2. The Kier molecular flexibility index (Phi) is 9.15. The Morgan fingerprint density at radius 1 is 1.13 bits per heavy atom. The summed E-state index contributed by atoms with van der Waals surface area (Å²) in [6, 6.07) is 5.22. The van der Waals surface area contributed by atoms with Crippen LogP contribution in [0.25, 0.3) is 0 Å². The Labute approximate surface area is 176 Å². The van der Waals surface area contributed by atoms with Crippen molar-refractivity contribution in [2.45, 2.75) is 11.8 Å². The number of rotatable bonds is 10. The molecule has 1 aliphatic rings. The first-order valence-corrected chi connectivity index (χ1v) is 11.1. The minimum atomic E-state index is -3.97. The van der Waals surface area contributed by atoms with Crippen molar-refractivity contribution >= 4 is 21.9 Å². The molecule has 30 heavy (non-hydrogen) atoms. The predicted octanol–water partition coefficient (Wildman–Crippen LogP) is 0.170.